The van der Waals surface area contributed by atoms with Gasteiger partial charge in [-0.3, -0.25) is 85.6 Å². The Morgan fingerprint density at radius 3 is 0.963 bits per heavy atom. The number of nitrogens with zero attached hydrogens (tertiary/aromatic N) is 6. The lowest BCUT2D eigenvalue weighted by molar-refractivity contribution is 0.0418. The molecule has 18 nitrogen and oxygen atoms in total. The summed E-state index contributed by atoms with van der Waals surface area (Å²) in [6.45, 7) is 1.63. The molecule has 19 aliphatic heterocycles. The second-order valence-corrected chi connectivity index (χ2v) is 23.8. The molecule has 398 valence electrons. The van der Waals surface area contributed by atoms with Crippen molar-refractivity contribution in [1.82, 2.24) is 28.1 Å². The zero-order valence-corrected chi connectivity index (χ0v) is 43.4. The van der Waals surface area contributed by atoms with E-state index in [2.05, 4.69) is 0 Å². The van der Waals surface area contributed by atoms with Crippen LogP contribution < -0.4 is 44.5 Å². The number of imide groups is 2. The van der Waals surface area contributed by atoms with Crippen LogP contribution in [0.1, 0.15) is 144 Å². The number of carbonyl (C=O) groups is 4. The summed E-state index contributed by atoms with van der Waals surface area (Å²) < 4.78 is 4.19. The molecule has 3 saturated carbocycles. The fourth-order valence-corrected chi connectivity index (χ4v) is 16.6. The van der Waals surface area contributed by atoms with Gasteiger partial charge in [-0.2, -0.15) is 0 Å². The average molecular weight is 1080 g/mol. The molecule has 0 spiro atoms. The number of rotatable bonds is 0. The van der Waals surface area contributed by atoms with Gasteiger partial charge in [0.1, 0.15) is 0 Å². The minimum atomic E-state index is -1.50. The summed E-state index contributed by atoms with van der Waals surface area (Å²) in [5.41, 5.74) is -6.65. The maximum absolute atomic E-state index is 15.2. The quantitative estimate of drug-likeness (QED) is 0.0889. The lowest BCUT2D eigenvalue weighted by Crippen LogP contribution is -2.53. The van der Waals surface area contributed by atoms with Crippen molar-refractivity contribution < 1.29 is 19.2 Å². The first kappa shape index (κ1) is 46.6. The van der Waals surface area contributed by atoms with Crippen molar-refractivity contribution in [3.63, 3.8) is 0 Å². The summed E-state index contributed by atoms with van der Waals surface area (Å²) in [5, 5.41) is 3.78. The van der Waals surface area contributed by atoms with Crippen LogP contribution in [-0.4, -0.2) is 63.8 Å². The van der Waals surface area contributed by atoms with Crippen LogP contribution in [0.15, 0.2) is 111 Å². The number of benzene rings is 7. The summed E-state index contributed by atoms with van der Waals surface area (Å²) >= 11 is 0. The van der Waals surface area contributed by atoms with E-state index < -0.39 is 104 Å². The van der Waals surface area contributed by atoms with Gasteiger partial charge in [-0.05, 0) is 126 Å². The van der Waals surface area contributed by atoms with Gasteiger partial charge in [0.25, 0.3) is 68.1 Å². The van der Waals surface area contributed by atoms with Gasteiger partial charge in [0.2, 0.25) is 0 Å². The molecular weight excluding hydrogens is 1030 g/mol. The van der Waals surface area contributed by atoms with Gasteiger partial charge in [0.15, 0.2) is 0 Å². The van der Waals surface area contributed by atoms with E-state index in [9.17, 15) is 38.4 Å². The highest BCUT2D eigenvalue weighted by atomic mass is 16.2. The average Bonchev–Trinajstić information content (AvgIpc) is 4.21. The normalized spacial score (nSPS) is 23.9. The van der Waals surface area contributed by atoms with E-state index in [1.54, 1.807) is 55.5 Å². The number of aromatic nitrogens is 4. The smallest absolute Gasteiger partial charge is 0.262 e. The van der Waals surface area contributed by atoms with Crippen LogP contribution in [0.2, 0.25) is 0 Å². The maximum atomic E-state index is 15.2. The Morgan fingerprint density at radius 2 is 0.617 bits per heavy atom. The van der Waals surface area contributed by atoms with E-state index in [1.165, 1.54) is 34.1 Å². The minimum Gasteiger partial charge on any atom is -0.269 e. The molecule has 0 radical (unpaired) electrons. The van der Waals surface area contributed by atoms with Crippen molar-refractivity contribution in [3.05, 3.63) is 178 Å². The first-order chi connectivity index (χ1) is 39.1. The van der Waals surface area contributed by atoms with Crippen molar-refractivity contribution in [2.24, 2.45) is 0 Å². The summed E-state index contributed by atoms with van der Waals surface area (Å²) in [6, 6.07) is 14.0. The third kappa shape index (κ3) is 5.39. The predicted molar refractivity (Wildman–Crippen MR) is 302 cm³/mol. The Hall–Kier alpha value is -9.32. The zero-order valence-electron chi connectivity index (χ0n) is 43.4. The van der Waals surface area contributed by atoms with Gasteiger partial charge in [-0.25, -0.2) is 0 Å². The standard InChI is InChI=1S/C63H44N6O12/c1-63-21-7-6-12-46(63)68-59(78)38-22-34-35(23-39(38)60(68)79)56(75)66(55(34)74)44-10-4-2-8-42(44)64-51(70)30-17-13-26-28-15-19-32-50-33(20-16-29(48(28)50)27-14-18-31(52(64)71)49(30)47(26)27)54(73)65(53(32)72)43-9-3-5-11-45(43)67-57(76)36-24-40-41(25-37(36)58(67)77)62(81)69(63)61(40)80/h13-20,22-25,42-46H,2-12,21H2,1H3/t42-,43-,44?,45-,46-,63?/m0/s1. The van der Waals surface area contributed by atoms with Gasteiger partial charge in [0, 0.05) is 33.0 Å². The molecule has 4 amide bonds. The number of amides is 4. The molecule has 0 N–H and O–H groups in total. The summed E-state index contributed by atoms with van der Waals surface area (Å²) in [5.74, 6) is -2.40. The van der Waals surface area contributed by atoms with Crippen LogP contribution in [-0.2, 0) is 5.54 Å². The van der Waals surface area contributed by atoms with Crippen LogP contribution in [0.3, 0.4) is 0 Å². The molecule has 18 heteroatoms. The van der Waals surface area contributed by atoms with Crippen LogP contribution in [0.5, 0.6) is 0 Å². The van der Waals surface area contributed by atoms with Gasteiger partial charge in [-0.15, -0.1) is 0 Å². The van der Waals surface area contributed by atoms with Crippen molar-refractivity contribution in [2.45, 2.75) is 120 Å². The van der Waals surface area contributed by atoms with E-state index in [1.807, 2.05) is 0 Å². The second kappa shape index (κ2) is 15.3. The molecule has 22 aliphatic rings. The number of hydrogen-bond acceptors (Lipinski definition) is 12. The van der Waals surface area contributed by atoms with Gasteiger partial charge < -0.3 is 0 Å². The molecule has 6 atom stereocenters. The molecule has 0 saturated heterocycles. The molecular formula is C63H44N6O12. The van der Waals surface area contributed by atoms with E-state index in [0.717, 1.165) is 18.3 Å². The van der Waals surface area contributed by atoms with Crippen molar-refractivity contribution in [2.75, 3.05) is 0 Å². The fraction of sp³-hybridized carbons (Fsp3) is 0.302. The Balaban J connectivity index is 0.928. The lowest BCUT2D eigenvalue weighted by atomic mass is 9.78. The van der Waals surface area contributed by atoms with E-state index in [0.29, 0.717) is 81.6 Å². The zero-order chi connectivity index (χ0) is 55.3. The predicted octanol–water partition coefficient (Wildman–Crippen LogP) is 6.59. The minimum absolute atomic E-state index is 0.119. The molecule has 33 rings (SSSR count). The Bertz CT molecular complexity index is 5110. The van der Waals surface area contributed by atoms with Crippen LogP contribution in [0.4, 0.5) is 0 Å². The Kier molecular flexibility index (Phi) is 8.81. The summed E-state index contributed by atoms with van der Waals surface area (Å²) in [6.07, 6.45) is 4.80. The van der Waals surface area contributed by atoms with E-state index in [4.69, 9.17) is 0 Å². The first-order valence-corrected chi connectivity index (χ1v) is 27.9. The van der Waals surface area contributed by atoms with Crippen LogP contribution in [0, 0.1) is 0 Å². The molecule has 11 aromatic rings. The largest absolute Gasteiger partial charge is 0.269 e. The summed E-state index contributed by atoms with van der Waals surface area (Å²) in [4.78, 5) is 182. The number of carbonyl (C=O) groups excluding carboxylic acids is 4. The van der Waals surface area contributed by atoms with Gasteiger partial charge in [0.05, 0.1) is 78.8 Å². The second-order valence-electron chi connectivity index (χ2n) is 23.8. The molecule has 7 aromatic carbocycles. The number of hydrogen-bond donors (Lipinski definition) is 0. The van der Waals surface area contributed by atoms with Crippen LogP contribution in [0.25, 0.3) is 86.2 Å². The van der Waals surface area contributed by atoms with Gasteiger partial charge >= 0.3 is 0 Å². The van der Waals surface area contributed by atoms with Crippen molar-refractivity contribution >= 4 is 110 Å². The lowest BCUT2D eigenvalue weighted by Gasteiger charge is -2.41. The maximum Gasteiger partial charge on any atom is 0.262 e. The molecule has 26 bridgehead atoms. The molecule has 4 aromatic heterocycles. The molecule has 2 unspecified atom stereocenters. The van der Waals surface area contributed by atoms with Crippen LogP contribution >= 0.6 is 0 Å². The van der Waals surface area contributed by atoms with Gasteiger partial charge in [-0.1, -0.05) is 62.8 Å². The topological polar surface area (TPSA) is 231 Å². The summed E-state index contributed by atoms with van der Waals surface area (Å²) in [7, 11) is 0. The molecule has 3 aliphatic carbocycles. The molecule has 3 fully saturated rings. The third-order valence-electron chi connectivity index (χ3n) is 20.2. The highest BCUT2D eigenvalue weighted by Gasteiger charge is 2.48. The Morgan fingerprint density at radius 1 is 0.321 bits per heavy atom. The third-order valence-corrected chi connectivity index (χ3v) is 20.2. The first-order valence-electron chi connectivity index (χ1n) is 27.9. The highest BCUT2D eigenvalue weighted by molar-refractivity contribution is 6.41. The van der Waals surface area contributed by atoms with E-state index >= 15 is 19.2 Å². The monoisotopic (exact) mass is 1080 g/mol. The SMILES string of the molecule is CC12CCCC[C@@H]1n1c(=O)c3cc4c(=O)n(c(=O)c4cc3c1=O)C1CCCC[C@@H]1N1C(=O)c3ccc4c5ccc6c7c(ccc(c8ccc(c3c48)C1=O)c75)C(=O)N(C6=O)[C@H]1CCCC[C@@H]1n1c(=O)c3cc4c(=O)n2c(=O)c4cc3c1=O. The Labute approximate surface area is 452 Å². The van der Waals surface area contributed by atoms with E-state index in [-0.39, 0.29) is 104 Å². The highest BCUT2D eigenvalue weighted by Crippen LogP contribution is 2.49. The molecule has 81 heavy (non-hydrogen) atoms. The van der Waals surface area contributed by atoms with Crippen molar-refractivity contribution in [1.29, 1.82) is 0 Å². The molecule has 23 heterocycles. The van der Waals surface area contributed by atoms with Crippen molar-refractivity contribution in [3.8, 4) is 0 Å². The fourth-order valence-electron chi connectivity index (χ4n) is 16.6.